The molecule has 0 radical (unpaired) electrons. The van der Waals surface area contributed by atoms with Crippen LogP contribution in [0, 0.1) is 0 Å². The van der Waals surface area contributed by atoms with Crippen molar-refractivity contribution in [1.29, 1.82) is 0 Å². The first-order valence-electron chi connectivity index (χ1n) is 5.63. The van der Waals surface area contributed by atoms with Gasteiger partial charge in [0.15, 0.2) is 0 Å². The van der Waals surface area contributed by atoms with Crippen LogP contribution in [0.3, 0.4) is 0 Å². The normalized spacial score (nSPS) is 10.1. The highest BCUT2D eigenvalue weighted by atomic mass is 79.9. The van der Waals surface area contributed by atoms with Crippen LogP contribution in [-0.4, -0.2) is 10.9 Å². The summed E-state index contributed by atoms with van der Waals surface area (Å²) in [4.78, 5) is 12.4. The standard InChI is InChI=1S/C14H10BrClN2OS/c15-9-3-1-2-8(6-9)14(19)18-12-7-10(16)4-5-11(12)13(17)20/h1-7H,(H2,17,20)(H,18,19). The van der Waals surface area contributed by atoms with Gasteiger partial charge in [0.1, 0.15) is 4.99 Å². The fourth-order valence-corrected chi connectivity index (χ4v) is 2.41. The highest BCUT2D eigenvalue weighted by molar-refractivity contribution is 9.10. The predicted molar refractivity (Wildman–Crippen MR) is 89.4 cm³/mol. The van der Waals surface area contributed by atoms with Crippen molar-refractivity contribution in [3.05, 3.63) is 63.1 Å². The zero-order chi connectivity index (χ0) is 14.7. The van der Waals surface area contributed by atoms with Crippen molar-refractivity contribution in [2.45, 2.75) is 0 Å². The molecule has 0 saturated heterocycles. The molecule has 102 valence electrons. The molecule has 3 N–H and O–H groups in total. The summed E-state index contributed by atoms with van der Waals surface area (Å²) in [6.45, 7) is 0. The van der Waals surface area contributed by atoms with Crippen LogP contribution < -0.4 is 11.1 Å². The second-order valence-electron chi connectivity index (χ2n) is 4.02. The van der Waals surface area contributed by atoms with E-state index in [9.17, 15) is 4.79 Å². The lowest BCUT2D eigenvalue weighted by atomic mass is 10.1. The van der Waals surface area contributed by atoms with E-state index in [2.05, 4.69) is 21.2 Å². The maximum atomic E-state index is 12.2. The van der Waals surface area contributed by atoms with Crippen LogP contribution in [0.2, 0.25) is 5.02 Å². The number of rotatable bonds is 3. The Labute approximate surface area is 135 Å². The summed E-state index contributed by atoms with van der Waals surface area (Å²) in [5, 5.41) is 3.26. The number of nitrogens with one attached hydrogen (secondary N) is 1. The molecule has 0 atom stereocenters. The largest absolute Gasteiger partial charge is 0.389 e. The highest BCUT2D eigenvalue weighted by Crippen LogP contribution is 2.22. The quantitative estimate of drug-likeness (QED) is 0.804. The van der Waals surface area contributed by atoms with E-state index in [1.54, 1.807) is 36.4 Å². The van der Waals surface area contributed by atoms with Gasteiger partial charge in [-0.2, -0.15) is 0 Å². The Morgan fingerprint density at radius 1 is 1.25 bits per heavy atom. The van der Waals surface area contributed by atoms with Crippen molar-refractivity contribution in [2.75, 3.05) is 5.32 Å². The van der Waals surface area contributed by atoms with E-state index < -0.39 is 0 Å². The van der Waals surface area contributed by atoms with Gasteiger partial charge in [-0.15, -0.1) is 0 Å². The SMILES string of the molecule is NC(=S)c1ccc(Cl)cc1NC(=O)c1cccc(Br)c1. The third kappa shape index (κ3) is 3.56. The van der Waals surface area contributed by atoms with Crippen molar-refractivity contribution in [3.63, 3.8) is 0 Å². The van der Waals surface area contributed by atoms with Gasteiger partial charge in [0.2, 0.25) is 0 Å². The molecule has 0 aliphatic rings. The lowest BCUT2D eigenvalue weighted by Gasteiger charge is -2.11. The first-order chi connectivity index (χ1) is 9.47. The maximum Gasteiger partial charge on any atom is 0.255 e. The van der Waals surface area contributed by atoms with E-state index in [1.165, 1.54) is 0 Å². The number of carbonyl (C=O) groups excluding carboxylic acids is 1. The molecule has 1 amide bonds. The molecule has 0 heterocycles. The van der Waals surface area contributed by atoms with E-state index in [-0.39, 0.29) is 10.9 Å². The molecule has 0 aliphatic carbocycles. The molecule has 0 saturated carbocycles. The first kappa shape index (κ1) is 15.0. The van der Waals surface area contributed by atoms with E-state index in [0.29, 0.717) is 21.8 Å². The number of hydrogen-bond acceptors (Lipinski definition) is 2. The number of amides is 1. The smallest absolute Gasteiger partial charge is 0.255 e. The molecule has 0 bridgehead atoms. The molecule has 0 spiro atoms. The van der Waals surface area contributed by atoms with Gasteiger partial charge in [0.25, 0.3) is 5.91 Å². The third-order valence-electron chi connectivity index (χ3n) is 2.58. The van der Waals surface area contributed by atoms with Crippen LogP contribution in [0.1, 0.15) is 15.9 Å². The summed E-state index contributed by atoms with van der Waals surface area (Å²) in [7, 11) is 0. The van der Waals surface area contributed by atoms with Crippen molar-refractivity contribution < 1.29 is 4.79 Å². The molecular weight excluding hydrogens is 360 g/mol. The van der Waals surface area contributed by atoms with Gasteiger partial charge < -0.3 is 11.1 Å². The number of halogens is 2. The van der Waals surface area contributed by atoms with Crippen LogP contribution >= 0.6 is 39.7 Å². The van der Waals surface area contributed by atoms with Crippen LogP contribution in [0.4, 0.5) is 5.69 Å². The summed E-state index contributed by atoms with van der Waals surface area (Å²) < 4.78 is 0.825. The first-order valence-corrected chi connectivity index (χ1v) is 7.21. The predicted octanol–water partition coefficient (Wildman–Crippen LogP) is 3.99. The van der Waals surface area contributed by atoms with Gasteiger partial charge in [0, 0.05) is 20.6 Å². The highest BCUT2D eigenvalue weighted by Gasteiger charge is 2.11. The molecule has 2 rings (SSSR count). The summed E-state index contributed by atoms with van der Waals surface area (Å²) in [6, 6.07) is 12.0. The molecule has 0 aliphatic heterocycles. The van der Waals surface area contributed by atoms with E-state index >= 15 is 0 Å². The van der Waals surface area contributed by atoms with Crippen molar-refractivity contribution in [1.82, 2.24) is 0 Å². The van der Waals surface area contributed by atoms with Gasteiger partial charge >= 0.3 is 0 Å². The topological polar surface area (TPSA) is 55.1 Å². The molecular formula is C14H10BrClN2OS. The van der Waals surface area contributed by atoms with Crippen molar-refractivity contribution in [2.24, 2.45) is 5.73 Å². The fraction of sp³-hybridized carbons (Fsp3) is 0. The number of hydrogen-bond donors (Lipinski definition) is 2. The third-order valence-corrected chi connectivity index (χ3v) is 3.53. The monoisotopic (exact) mass is 368 g/mol. The number of carbonyl (C=O) groups is 1. The molecule has 0 fully saturated rings. The average molecular weight is 370 g/mol. The lowest BCUT2D eigenvalue weighted by molar-refractivity contribution is 0.102. The minimum Gasteiger partial charge on any atom is -0.389 e. The molecule has 3 nitrogen and oxygen atoms in total. The number of thiocarbonyl (C=S) groups is 1. The van der Waals surface area contributed by atoms with Gasteiger partial charge in [-0.05, 0) is 36.4 Å². The van der Waals surface area contributed by atoms with Gasteiger partial charge in [-0.1, -0.05) is 45.8 Å². The van der Waals surface area contributed by atoms with Crippen LogP contribution in [0.25, 0.3) is 0 Å². The Bertz CT molecular complexity index is 691. The summed E-state index contributed by atoms with van der Waals surface area (Å²) in [5.41, 5.74) is 7.23. The average Bonchev–Trinajstić information content (AvgIpc) is 2.38. The Morgan fingerprint density at radius 3 is 2.65 bits per heavy atom. The van der Waals surface area contributed by atoms with Gasteiger partial charge in [-0.25, -0.2) is 0 Å². The number of nitrogens with two attached hydrogens (primary N) is 1. The molecule has 2 aromatic rings. The molecule has 20 heavy (non-hydrogen) atoms. The van der Waals surface area contributed by atoms with Gasteiger partial charge in [0.05, 0.1) is 5.69 Å². The zero-order valence-corrected chi connectivity index (χ0v) is 13.3. The van der Waals surface area contributed by atoms with Crippen molar-refractivity contribution >= 4 is 56.3 Å². The summed E-state index contributed by atoms with van der Waals surface area (Å²) in [5.74, 6) is -0.258. The Hall–Kier alpha value is -1.43. The lowest BCUT2D eigenvalue weighted by Crippen LogP contribution is -2.17. The van der Waals surface area contributed by atoms with E-state index in [1.807, 2.05) is 6.07 Å². The summed E-state index contributed by atoms with van der Waals surface area (Å²) >= 11 is 14.2. The minimum atomic E-state index is -0.258. The molecule has 0 unspecified atom stereocenters. The van der Waals surface area contributed by atoms with E-state index in [4.69, 9.17) is 29.6 Å². The summed E-state index contributed by atoms with van der Waals surface area (Å²) in [6.07, 6.45) is 0. The maximum absolute atomic E-state index is 12.2. The van der Waals surface area contributed by atoms with Crippen LogP contribution in [0.5, 0.6) is 0 Å². The molecule has 2 aromatic carbocycles. The second-order valence-corrected chi connectivity index (χ2v) is 5.81. The molecule has 0 aromatic heterocycles. The van der Waals surface area contributed by atoms with Crippen LogP contribution in [-0.2, 0) is 0 Å². The Kier molecular flexibility index (Phi) is 4.75. The zero-order valence-electron chi connectivity index (χ0n) is 10.2. The fourth-order valence-electron chi connectivity index (χ4n) is 1.66. The van der Waals surface area contributed by atoms with Gasteiger partial charge in [-0.3, -0.25) is 4.79 Å². The Morgan fingerprint density at radius 2 is 2.00 bits per heavy atom. The van der Waals surface area contributed by atoms with Crippen LogP contribution in [0.15, 0.2) is 46.9 Å². The van der Waals surface area contributed by atoms with E-state index in [0.717, 1.165) is 4.47 Å². The number of anilines is 1. The minimum absolute atomic E-state index is 0.200. The molecule has 6 heteroatoms. The second kappa shape index (κ2) is 6.35. The van der Waals surface area contributed by atoms with Crippen molar-refractivity contribution in [3.8, 4) is 0 Å². The Balaban J connectivity index is 2.32. The number of benzene rings is 2.